The van der Waals surface area contributed by atoms with Crippen molar-refractivity contribution in [2.24, 2.45) is 5.73 Å². The van der Waals surface area contributed by atoms with Crippen LogP contribution in [0.1, 0.15) is 33.3 Å². The summed E-state index contributed by atoms with van der Waals surface area (Å²) in [5.74, 6) is 0. The minimum absolute atomic E-state index is 0.0204. The fourth-order valence-electron chi connectivity index (χ4n) is 2.58. The van der Waals surface area contributed by atoms with Crippen molar-refractivity contribution in [2.75, 3.05) is 0 Å². The lowest BCUT2D eigenvalue weighted by Crippen LogP contribution is -2.12. The van der Waals surface area contributed by atoms with Crippen molar-refractivity contribution in [2.45, 2.75) is 31.7 Å². The topological polar surface area (TPSA) is 26.0 Å². The molecule has 3 rings (SSSR count). The lowest BCUT2D eigenvalue weighted by Gasteiger charge is -2.12. The minimum Gasteiger partial charge on any atom is -0.323 e. The maximum atomic E-state index is 6.32. The van der Waals surface area contributed by atoms with Gasteiger partial charge in [0, 0.05) is 25.8 Å². The van der Waals surface area contributed by atoms with Crippen molar-refractivity contribution < 1.29 is 0 Å². The van der Waals surface area contributed by atoms with Crippen LogP contribution in [0.3, 0.4) is 0 Å². The zero-order valence-corrected chi connectivity index (χ0v) is 12.8. The Balaban J connectivity index is 1.82. The second-order valence-corrected chi connectivity index (χ2v) is 6.94. The van der Waals surface area contributed by atoms with Crippen molar-refractivity contribution in [3.8, 4) is 0 Å². The summed E-state index contributed by atoms with van der Waals surface area (Å²) < 4.78 is 0. The number of rotatable bonds is 3. The van der Waals surface area contributed by atoms with Gasteiger partial charge in [0.15, 0.2) is 0 Å². The molecule has 0 saturated carbocycles. The number of hydrogen-bond acceptors (Lipinski definition) is 2. The summed E-state index contributed by atoms with van der Waals surface area (Å²) in [7, 11) is 0. The highest BCUT2D eigenvalue weighted by atomic mass is 35.5. The molecule has 19 heavy (non-hydrogen) atoms. The second kappa shape index (κ2) is 5.45. The monoisotopic (exact) mass is 311 g/mol. The molecule has 0 fully saturated rings. The Labute approximate surface area is 127 Å². The van der Waals surface area contributed by atoms with E-state index in [0.717, 1.165) is 5.56 Å². The van der Waals surface area contributed by atoms with Crippen LogP contribution in [0.4, 0.5) is 0 Å². The van der Waals surface area contributed by atoms with Gasteiger partial charge in [-0.25, -0.2) is 0 Å². The predicted molar refractivity (Wildman–Crippen MR) is 83.4 cm³/mol. The molecule has 1 aromatic carbocycles. The first-order chi connectivity index (χ1) is 9.15. The maximum absolute atomic E-state index is 6.32. The summed E-state index contributed by atoms with van der Waals surface area (Å²) >= 11 is 14.2. The van der Waals surface area contributed by atoms with Gasteiger partial charge in [-0.3, -0.25) is 0 Å². The molecular formula is C15H15Cl2NS. The Morgan fingerprint density at radius 2 is 1.95 bits per heavy atom. The van der Waals surface area contributed by atoms with Crippen molar-refractivity contribution in [3.63, 3.8) is 0 Å². The SMILES string of the molecule is NC(Cc1c(Cl)cccc1Cl)c1cc2c(s1)CCC2. The molecule has 1 aromatic heterocycles. The number of thiophene rings is 1. The van der Waals surface area contributed by atoms with Crippen LogP contribution in [-0.2, 0) is 19.3 Å². The van der Waals surface area contributed by atoms with Crippen molar-refractivity contribution in [1.82, 2.24) is 0 Å². The van der Waals surface area contributed by atoms with Crippen LogP contribution in [0.15, 0.2) is 24.3 Å². The summed E-state index contributed by atoms with van der Waals surface area (Å²) in [5.41, 5.74) is 8.76. The van der Waals surface area contributed by atoms with E-state index >= 15 is 0 Å². The fourth-order valence-corrected chi connectivity index (χ4v) is 4.39. The number of aryl methyl sites for hydroxylation is 2. The first-order valence-corrected chi connectivity index (χ1v) is 8.02. The number of hydrogen-bond donors (Lipinski definition) is 1. The van der Waals surface area contributed by atoms with E-state index in [2.05, 4.69) is 6.07 Å². The molecule has 2 N–H and O–H groups in total. The Morgan fingerprint density at radius 3 is 2.63 bits per heavy atom. The van der Waals surface area contributed by atoms with Gasteiger partial charge in [0.25, 0.3) is 0 Å². The summed E-state index contributed by atoms with van der Waals surface area (Å²) in [6.07, 6.45) is 4.38. The second-order valence-electron chi connectivity index (χ2n) is 4.96. The third kappa shape index (κ3) is 2.68. The van der Waals surface area contributed by atoms with Crippen LogP contribution >= 0.6 is 34.5 Å². The van der Waals surface area contributed by atoms with Crippen LogP contribution < -0.4 is 5.73 Å². The molecule has 1 heterocycles. The number of benzene rings is 1. The largest absolute Gasteiger partial charge is 0.323 e. The Bertz CT molecular complexity index is 564. The molecule has 100 valence electrons. The van der Waals surface area contributed by atoms with E-state index in [9.17, 15) is 0 Å². The van der Waals surface area contributed by atoms with Gasteiger partial charge < -0.3 is 5.73 Å². The lowest BCUT2D eigenvalue weighted by atomic mass is 10.0. The Kier molecular flexibility index (Phi) is 3.86. The van der Waals surface area contributed by atoms with Gasteiger partial charge in [0.1, 0.15) is 0 Å². The molecule has 0 bridgehead atoms. The molecule has 1 nitrogen and oxygen atoms in total. The van der Waals surface area contributed by atoms with Crippen LogP contribution in [0.2, 0.25) is 10.0 Å². The molecule has 1 unspecified atom stereocenters. The van der Waals surface area contributed by atoms with E-state index in [4.69, 9.17) is 28.9 Å². The van der Waals surface area contributed by atoms with Crippen molar-refractivity contribution >= 4 is 34.5 Å². The highest BCUT2D eigenvalue weighted by Crippen LogP contribution is 2.35. The molecule has 0 spiro atoms. The number of nitrogens with two attached hydrogens (primary N) is 1. The summed E-state index contributed by atoms with van der Waals surface area (Å²) in [5, 5.41) is 1.40. The van der Waals surface area contributed by atoms with Crippen molar-refractivity contribution in [3.05, 3.63) is 55.2 Å². The molecule has 1 aliphatic rings. The average Bonchev–Trinajstić information content (AvgIpc) is 2.94. The smallest absolute Gasteiger partial charge is 0.0453 e. The molecule has 0 radical (unpaired) electrons. The van der Waals surface area contributed by atoms with Gasteiger partial charge >= 0.3 is 0 Å². The van der Waals surface area contributed by atoms with E-state index in [1.807, 2.05) is 29.5 Å². The quantitative estimate of drug-likeness (QED) is 0.866. The molecule has 1 aliphatic carbocycles. The number of halogens is 2. The summed E-state index contributed by atoms with van der Waals surface area (Å²) in [4.78, 5) is 2.76. The first kappa shape index (κ1) is 13.4. The molecule has 0 amide bonds. The first-order valence-electron chi connectivity index (χ1n) is 6.45. The van der Waals surface area contributed by atoms with Crippen molar-refractivity contribution in [1.29, 1.82) is 0 Å². The molecule has 2 aromatic rings. The van der Waals surface area contributed by atoms with Gasteiger partial charge in [-0.2, -0.15) is 0 Å². The average molecular weight is 312 g/mol. The van der Waals surface area contributed by atoms with Gasteiger partial charge in [-0.1, -0.05) is 29.3 Å². The standard InChI is InChI=1S/C15H15Cl2NS/c16-11-4-2-5-12(17)10(11)8-13(18)15-7-9-3-1-6-14(9)19-15/h2,4-5,7,13H,1,3,6,8,18H2. The lowest BCUT2D eigenvalue weighted by molar-refractivity contribution is 0.735. The molecular weight excluding hydrogens is 297 g/mol. The van der Waals surface area contributed by atoms with E-state index in [1.165, 1.54) is 34.6 Å². The van der Waals surface area contributed by atoms with Crippen LogP contribution in [0.5, 0.6) is 0 Å². The number of fused-ring (bicyclic) bond motifs is 1. The van der Waals surface area contributed by atoms with Crippen LogP contribution in [0.25, 0.3) is 0 Å². The van der Waals surface area contributed by atoms with Gasteiger partial charge in [-0.05, 0) is 55.0 Å². The van der Waals surface area contributed by atoms with E-state index in [-0.39, 0.29) is 6.04 Å². The zero-order valence-electron chi connectivity index (χ0n) is 10.5. The van der Waals surface area contributed by atoms with Gasteiger partial charge in [0.05, 0.1) is 0 Å². The molecule has 1 atom stereocenters. The van der Waals surface area contributed by atoms with Crippen LogP contribution in [-0.4, -0.2) is 0 Å². The van der Waals surface area contributed by atoms with Crippen LogP contribution in [0, 0.1) is 0 Å². The zero-order chi connectivity index (χ0) is 13.4. The van der Waals surface area contributed by atoms with E-state index in [1.54, 1.807) is 0 Å². The summed E-state index contributed by atoms with van der Waals surface area (Å²) in [6.45, 7) is 0. The van der Waals surface area contributed by atoms with E-state index < -0.39 is 0 Å². The highest BCUT2D eigenvalue weighted by Gasteiger charge is 2.19. The third-order valence-electron chi connectivity index (χ3n) is 3.62. The maximum Gasteiger partial charge on any atom is 0.0453 e. The summed E-state index contributed by atoms with van der Waals surface area (Å²) in [6, 6.07) is 7.84. The van der Waals surface area contributed by atoms with Gasteiger partial charge in [-0.15, -0.1) is 11.3 Å². The molecule has 0 saturated heterocycles. The third-order valence-corrected chi connectivity index (χ3v) is 5.69. The normalized spacial score (nSPS) is 15.5. The molecule has 0 aliphatic heterocycles. The fraction of sp³-hybridized carbons (Fsp3) is 0.333. The highest BCUT2D eigenvalue weighted by molar-refractivity contribution is 7.12. The minimum atomic E-state index is -0.0204. The predicted octanol–water partition coefficient (Wildman–Crippen LogP) is 4.79. The van der Waals surface area contributed by atoms with Gasteiger partial charge in [0.2, 0.25) is 0 Å². The molecule has 4 heteroatoms. The Hall–Kier alpha value is -0.540. The Morgan fingerprint density at radius 1 is 1.21 bits per heavy atom. The van der Waals surface area contributed by atoms with E-state index in [0.29, 0.717) is 16.5 Å².